The number of rotatable bonds is 8. The van der Waals surface area contributed by atoms with E-state index in [0.717, 1.165) is 51.9 Å². The molecule has 0 bridgehead atoms. The average molecular weight is 572 g/mol. The fourth-order valence-corrected chi connectivity index (χ4v) is 5.09. The highest BCUT2D eigenvalue weighted by atomic mass is 79.9. The van der Waals surface area contributed by atoms with E-state index in [-0.39, 0.29) is 12.6 Å². The van der Waals surface area contributed by atoms with E-state index < -0.39 is 5.60 Å². The van der Waals surface area contributed by atoms with Crippen LogP contribution in [0, 0.1) is 12.8 Å². The van der Waals surface area contributed by atoms with Gasteiger partial charge in [0, 0.05) is 21.7 Å². The van der Waals surface area contributed by atoms with Crippen LogP contribution in [0.15, 0.2) is 71.2 Å². The van der Waals surface area contributed by atoms with E-state index in [1.54, 1.807) is 0 Å². The first kappa shape index (κ1) is 26.5. The molecule has 0 unspecified atom stereocenters. The fraction of sp³-hybridized carbons (Fsp3) is 0.345. The first-order chi connectivity index (χ1) is 17.3. The summed E-state index contributed by atoms with van der Waals surface area (Å²) in [6, 6.07) is 21.1. The Morgan fingerprint density at radius 2 is 1.78 bits per heavy atom. The van der Waals surface area contributed by atoms with Gasteiger partial charge in [0.25, 0.3) is 0 Å². The molecule has 1 aliphatic rings. The maximum Gasteiger partial charge on any atom is 0.319 e. The van der Waals surface area contributed by atoms with Gasteiger partial charge >= 0.3 is 6.03 Å². The summed E-state index contributed by atoms with van der Waals surface area (Å²) in [6.45, 7) is 2.72. The zero-order valence-electron chi connectivity index (χ0n) is 20.4. The van der Waals surface area contributed by atoms with E-state index in [2.05, 4.69) is 32.6 Å². The van der Waals surface area contributed by atoms with Gasteiger partial charge in [-0.25, -0.2) is 4.79 Å². The van der Waals surface area contributed by atoms with Gasteiger partial charge in [-0.15, -0.1) is 0 Å². The highest BCUT2D eigenvalue weighted by Crippen LogP contribution is 2.36. The number of benzene rings is 3. The number of hydrogen-bond acceptors (Lipinski definition) is 3. The third kappa shape index (κ3) is 7.73. The number of aryl methyl sites for hydroxylation is 1. The van der Waals surface area contributed by atoms with Crippen molar-refractivity contribution in [2.75, 3.05) is 11.9 Å². The number of anilines is 1. The Bertz CT molecular complexity index is 1160. The summed E-state index contributed by atoms with van der Waals surface area (Å²) in [5.41, 5.74) is 3.21. The van der Waals surface area contributed by atoms with Crippen LogP contribution in [-0.2, 0) is 13.0 Å². The Hall–Kier alpha value is -2.54. The van der Waals surface area contributed by atoms with Crippen LogP contribution in [0.1, 0.15) is 42.4 Å². The fourth-order valence-electron chi connectivity index (χ4n) is 4.55. The molecule has 36 heavy (non-hydrogen) atoms. The second-order valence-corrected chi connectivity index (χ2v) is 11.1. The molecule has 1 saturated carbocycles. The lowest BCUT2D eigenvalue weighted by Gasteiger charge is -2.36. The molecule has 5 nitrogen and oxygen atoms in total. The Labute approximate surface area is 226 Å². The number of aliphatic hydroxyl groups is 1. The van der Waals surface area contributed by atoms with Crippen molar-refractivity contribution in [1.29, 1.82) is 0 Å². The molecule has 4 rings (SSSR count). The molecule has 0 aromatic heterocycles. The molecule has 0 aliphatic heterocycles. The van der Waals surface area contributed by atoms with E-state index in [4.69, 9.17) is 16.3 Å². The van der Waals surface area contributed by atoms with Crippen molar-refractivity contribution in [3.63, 3.8) is 0 Å². The van der Waals surface area contributed by atoms with Gasteiger partial charge in [-0.3, -0.25) is 0 Å². The third-order valence-electron chi connectivity index (χ3n) is 6.76. The van der Waals surface area contributed by atoms with Crippen molar-refractivity contribution in [2.24, 2.45) is 5.92 Å². The van der Waals surface area contributed by atoms with E-state index in [9.17, 15) is 9.90 Å². The number of carbonyl (C=O) groups excluding carboxylic acids is 1. The summed E-state index contributed by atoms with van der Waals surface area (Å²) >= 11 is 9.57. The highest BCUT2D eigenvalue weighted by Gasteiger charge is 2.33. The Balaban J connectivity index is 1.27. The zero-order chi connectivity index (χ0) is 25.5. The van der Waals surface area contributed by atoms with Gasteiger partial charge in [0.15, 0.2) is 0 Å². The molecule has 1 fully saturated rings. The van der Waals surface area contributed by atoms with Crippen molar-refractivity contribution >= 4 is 39.2 Å². The number of nitrogens with one attached hydrogen (secondary N) is 2. The van der Waals surface area contributed by atoms with Crippen LogP contribution in [0.4, 0.5) is 10.5 Å². The number of ether oxygens (including phenoxy) is 1. The van der Waals surface area contributed by atoms with Crippen LogP contribution < -0.4 is 15.4 Å². The SMILES string of the molecule is Cc1ccc(NC(=O)NCC2(O)CCC(Cc3cc(Br)ccc3OCc3ccc(Cl)cc3)CC2)cc1. The van der Waals surface area contributed by atoms with Crippen LogP contribution in [0.5, 0.6) is 5.75 Å². The van der Waals surface area contributed by atoms with Crippen LogP contribution in [0.2, 0.25) is 5.02 Å². The van der Waals surface area contributed by atoms with E-state index in [0.29, 0.717) is 30.4 Å². The Kier molecular flexibility index (Phi) is 8.94. The molecule has 3 N–H and O–H groups in total. The lowest BCUT2D eigenvalue weighted by molar-refractivity contribution is -0.00572. The molecule has 3 aromatic carbocycles. The minimum atomic E-state index is -0.883. The van der Waals surface area contributed by atoms with Crippen LogP contribution in [0.3, 0.4) is 0 Å². The van der Waals surface area contributed by atoms with E-state index in [1.165, 1.54) is 0 Å². The number of hydrogen-bond donors (Lipinski definition) is 3. The lowest BCUT2D eigenvalue weighted by atomic mass is 9.76. The molecule has 1 aliphatic carbocycles. The monoisotopic (exact) mass is 570 g/mol. The summed E-state index contributed by atoms with van der Waals surface area (Å²) < 4.78 is 7.17. The molecule has 0 radical (unpaired) electrons. The molecule has 0 atom stereocenters. The van der Waals surface area contributed by atoms with Crippen LogP contribution >= 0.6 is 27.5 Å². The first-order valence-electron chi connectivity index (χ1n) is 12.3. The summed E-state index contributed by atoms with van der Waals surface area (Å²) in [5, 5.41) is 17.4. The van der Waals surface area contributed by atoms with Gasteiger partial charge in [-0.2, -0.15) is 0 Å². The minimum absolute atomic E-state index is 0.240. The van der Waals surface area contributed by atoms with Crippen molar-refractivity contribution in [1.82, 2.24) is 5.32 Å². The topological polar surface area (TPSA) is 70.6 Å². The average Bonchev–Trinajstić information content (AvgIpc) is 2.86. The zero-order valence-corrected chi connectivity index (χ0v) is 22.7. The smallest absolute Gasteiger partial charge is 0.319 e. The van der Waals surface area contributed by atoms with Gasteiger partial charge in [-0.05, 0) is 98.5 Å². The standard InChI is InChI=1S/C29H32BrClN2O3/c1-20-2-9-26(10-3-20)33-28(34)32-19-29(35)14-12-21(13-15-29)16-23-17-24(30)6-11-27(23)36-18-22-4-7-25(31)8-5-22/h2-11,17,21,35H,12-16,18-19H2,1H3,(H2,32,33,34). The number of carbonyl (C=O) groups is 1. The molecule has 7 heteroatoms. The summed E-state index contributed by atoms with van der Waals surface area (Å²) in [7, 11) is 0. The number of amides is 2. The Morgan fingerprint density at radius 3 is 2.47 bits per heavy atom. The summed E-state index contributed by atoms with van der Waals surface area (Å²) in [6.07, 6.45) is 3.96. The molecular weight excluding hydrogens is 540 g/mol. The quantitative estimate of drug-likeness (QED) is 0.266. The minimum Gasteiger partial charge on any atom is -0.489 e. The van der Waals surface area contributed by atoms with Crippen LogP contribution in [-0.4, -0.2) is 23.3 Å². The molecular formula is C29H32BrClN2O3. The van der Waals surface area contributed by atoms with Gasteiger partial charge in [0.1, 0.15) is 12.4 Å². The predicted octanol–water partition coefficient (Wildman–Crippen LogP) is 7.28. The highest BCUT2D eigenvalue weighted by molar-refractivity contribution is 9.10. The third-order valence-corrected chi connectivity index (χ3v) is 7.51. The van der Waals surface area contributed by atoms with Crippen molar-refractivity contribution < 1.29 is 14.6 Å². The largest absolute Gasteiger partial charge is 0.489 e. The maximum absolute atomic E-state index is 12.3. The van der Waals surface area contributed by atoms with Crippen molar-refractivity contribution in [3.05, 3.63) is 92.9 Å². The van der Waals surface area contributed by atoms with E-state index in [1.807, 2.05) is 67.6 Å². The normalized spacial score (nSPS) is 19.5. The van der Waals surface area contributed by atoms with E-state index >= 15 is 0 Å². The second-order valence-electron chi connectivity index (χ2n) is 9.71. The maximum atomic E-state index is 12.3. The molecule has 0 heterocycles. The van der Waals surface area contributed by atoms with Gasteiger partial charge < -0.3 is 20.5 Å². The predicted molar refractivity (Wildman–Crippen MR) is 149 cm³/mol. The Morgan fingerprint density at radius 1 is 1.08 bits per heavy atom. The van der Waals surface area contributed by atoms with Gasteiger partial charge in [-0.1, -0.05) is 57.4 Å². The molecule has 0 saturated heterocycles. The lowest BCUT2D eigenvalue weighted by Crippen LogP contribution is -2.46. The summed E-state index contributed by atoms with van der Waals surface area (Å²) in [4.78, 5) is 12.3. The van der Waals surface area contributed by atoms with Crippen molar-refractivity contribution in [2.45, 2.75) is 51.2 Å². The summed E-state index contributed by atoms with van der Waals surface area (Å²) in [5.74, 6) is 1.32. The molecule has 3 aromatic rings. The number of urea groups is 1. The van der Waals surface area contributed by atoms with Crippen molar-refractivity contribution in [3.8, 4) is 5.75 Å². The first-order valence-corrected chi connectivity index (χ1v) is 13.4. The molecule has 0 spiro atoms. The van der Waals surface area contributed by atoms with Gasteiger partial charge in [0.2, 0.25) is 0 Å². The molecule has 190 valence electrons. The number of halogens is 2. The van der Waals surface area contributed by atoms with Gasteiger partial charge in [0.05, 0.1) is 5.60 Å². The molecule has 2 amide bonds. The second kappa shape index (κ2) is 12.1. The van der Waals surface area contributed by atoms with Crippen LogP contribution in [0.25, 0.3) is 0 Å².